The fraction of sp³-hybridized carbons (Fsp3) is 0.447. The maximum atomic E-state index is 14.4. The van der Waals surface area contributed by atoms with Gasteiger partial charge in [0.1, 0.15) is 11.9 Å². The normalized spacial score (nSPS) is 26.8. The van der Waals surface area contributed by atoms with Gasteiger partial charge in [-0.2, -0.15) is 0 Å². The predicted octanol–water partition coefficient (Wildman–Crippen LogP) is 6.51. The van der Waals surface area contributed by atoms with E-state index in [1.165, 1.54) is 7.11 Å². The lowest BCUT2D eigenvalue weighted by molar-refractivity contribution is -0.161. The molecule has 6 nitrogen and oxygen atoms in total. The van der Waals surface area contributed by atoms with Crippen molar-refractivity contribution in [3.63, 3.8) is 0 Å². The van der Waals surface area contributed by atoms with Gasteiger partial charge in [0.15, 0.2) is 0 Å². The summed E-state index contributed by atoms with van der Waals surface area (Å²) in [6.07, 6.45) is 0.345. The molecule has 0 unspecified atom stereocenters. The molecular formula is C38H44O6S2Si. The molecule has 0 aromatic heterocycles. The molecule has 2 saturated carbocycles. The number of Topliss-reactive ketones (excluding diaryl/α,β-unsaturated/α-hetero) is 1. The van der Waals surface area contributed by atoms with Crippen molar-refractivity contribution in [3.8, 4) is 0 Å². The molecule has 248 valence electrons. The second-order valence-corrected chi connectivity index (χ2v) is 21.0. The third-order valence-corrected chi connectivity index (χ3v) is 18.6. The predicted molar refractivity (Wildman–Crippen MR) is 192 cm³/mol. The van der Waals surface area contributed by atoms with Gasteiger partial charge in [0.25, 0.3) is 8.32 Å². The number of thioether (sulfide) groups is 2. The summed E-state index contributed by atoms with van der Waals surface area (Å²) in [5.41, 5.74) is -0.739. The van der Waals surface area contributed by atoms with Crippen LogP contribution in [0.2, 0.25) is 5.04 Å². The third-order valence-electron chi connectivity index (χ3n) is 10.2. The van der Waals surface area contributed by atoms with Gasteiger partial charge in [0.2, 0.25) is 0 Å². The second-order valence-electron chi connectivity index (χ2n) is 14.0. The fourth-order valence-corrected chi connectivity index (χ4v) is 16.1. The zero-order valence-corrected chi connectivity index (χ0v) is 30.2. The van der Waals surface area contributed by atoms with Gasteiger partial charge in [-0.05, 0) is 46.8 Å². The van der Waals surface area contributed by atoms with Crippen molar-refractivity contribution < 1.29 is 28.3 Å². The van der Waals surface area contributed by atoms with Crippen LogP contribution in [0.25, 0.3) is 0 Å². The Kier molecular flexibility index (Phi) is 10.1. The summed E-state index contributed by atoms with van der Waals surface area (Å²) >= 11 is 3.66. The molecule has 9 heteroatoms. The molecule has 3 fully saturated rings. The highest BCUT2D eigenvalue weighted by Gasteiger charge is 2.66. The summed E-state index contributed by atoms with van der Waals surface area (Å²) < 4.78 is 19.6. The Hall–Kier alpha value is -2.85. The number of benzene rings is 3. The van der Waals surface area contributed by atoms with Crippen LogP contribution in [0.4, 0.5) is 0 Å². The first-order chi connectivity index (χ1) is 22.6. The molecule has 1 heterocycles. The summed E-state index contributed by atoms with van der Waals surface area (Å²) in [7, 11) is -1.59. The fourth-order valence-electron chi connectivity index (χ4n) is 8.23. The highest BCUT2D eigenvalue weighted by atomic mass is 32.2. The minimum atomic E-state index is -2.99. The minimum Gasteiger partial charge on any atom is -0.469 e. The van der Waals surface area contributed by atoms with Crippen molar-refractivity contribution in [1.82, 2.24) is 0 Å². The molecule has 0 spiro atoms. The molecule has 0 N–H and O–H groups in total. The number of methoxy groups -OCH3 is 1. The molecule has 1 aliphatic heterocycles. The number of carbonyl (C=O) groups excluding carboxylic acids is 3. The first-order valence-corrected chi connectivity index (χ1v) is 20.5. The minimum absolute atomic E-state index is 0.0506. The lowest BCUT2D eigenvalue weighted by atomic mass is 9.72. The lowest BCUT2D eigenvalue weighted by Gasteiger charge is -2.46. The van der Waals surface area contributed by atoms with Gasteiger partial charge in [-0.15, -0.1) is 23.5 Å². The Morgan fingerprint density at radius 2 is 1.38 bits per heavy atom. The van der Waals surface area contributed by atoms with E-state index in [2.05, 4.69) is 69.3 Å². The topological polar surface area (TPSA) is 78.9 Å². The summed E-state index contributed by atoms with van der Waals surface area (Å²) in [6.45, 7) is 6.71. The van der Waals surface area contributed by atoms with Crippen LogP contribution in [0.3, 0.4) is 0 Å². The van der Waals surface area contributed by atoms with E-state index in [4.69, 9.17) is 13.9 Å². The van der Waals surface area contributed by atoms with Crippen molar-refractivity contribution >= 4 is 59.9 Å². The third kappa shape index (κ3) is 6.36. The molecule has 3 aromatic rings. The van der Waals surface area contributed by atoms with Gasteiger partial charge < -0.3 is 13.9 Å². The van der Waals surface area contributed by atoms with Gasteiger partial charge in [-0.3, -0.25) is 9.59 Å². The maximum Gasteiger partial charge on any atom is 0.338 e. The van der Waals surface area contributed by atoms with E-state index in [0.29, 0.717) is 24.8 Å². The number of ketones is 1. The van der Waals surface area contributed by atoms with Crippen molar-refractivity contribution in [1.29, 1.82) is 0 Å². The summed E-state index contributed by atoms with van der Waals surface area (Å²) in [4.78, 5) is 42.2. The standard InChI is InChI=1S/C38H44O6S2Si/c1-37(2,3)47(28-16-10-6-11-17-28,29-18-12-7-13-19-29)44-27-20-21-31(39)32-33(43-34(40)26-14-8-5-9-15-26)30(35-45-22-23-46-35)25-38(32,24-27)36(41)42-4/h5-19,27,30,32-33,35H,20-25H2,1-4H3/t27-,30+,32+,33+,38+/m0/s1. The summed E-state index contributed by atoms with van der Waals surface area (Å²) in [5, 5.41) is 2.03. The SMILES string of the molecule is COC(=O)[C@@]12C[C@@H](O[Si](c3ccccc3)(c3ccccc3)C(C)(C)C)CCC(=O)[C@@H]1[C@H](OC(=O)c1ccccc1)[C@H](C1SCCS1)C2. The van der Waals surface area contributed by atoms with Crippen LogP contribution >= 0.6 is 23.5 Å². The molecular weight excluding hydrogens is 645 g/mol. The van der Waals surface area contributed by atoms with Gasteiger partial charge in [-0.25, -0.2) is 4.79 Å². The zero-order valence-electron chi connectivity index (χ0n) is 27.6. The molecule has 0 bridgehead atoms. The van der Waals surface area contributed by atoms with Gasteiger partial charge in [-0.1, -0.05) is 99.6 Å². The highest BCUT2D eigenvalue weighted by Crippen LogP contribution is 2.59. The zero-order chi connectivity index (χ0) is 33.2. The van der Waals surface area contributed by atoms with E-state index in [1.807, 2.05) is 41.7 Å². The van der Waals surface area contributed by atoms with Crippen molar-refractivity contribution in [2.75, 3.05) is 18.6 Å². The first-order valence-electron chi connectivity index (χ1n) is 16.5. The number of carbonyl (C=O) groups is 3. The molecule has 47 heavy (non-hydrogen) atoms. The second kappa shape index (κ2) is 13.9. The average Bonchev–Trinajstić information content (AvgIpc) is 3.70. The van der Waals surface area contributed by atoms with Gasteiger partial charge >= 0.3 is 11.9 Å². The van der Waals surface area contributed by atoms with E-state index >= 15 is 0 Å². The Bertz CT molecular complexity index is 1520. The first kappa shape index (κ1) is 34.0. The average molecular weight is 689 g/mol. The smallest absolute Gasteiger partial charge is 0.338 e. The molecule has 3 aromatic carbocycles. The Balaban J connectivity index is 1.44. The van der Waals surface area contributed by atoms with Crippen molar-refractivity contribution in [2.24, 2.45) is 17.3 Å². The van der Waals surface area contributed by atoms with E-state index < -0.39 is 37.7 Å². The van der Waals surface area contributed by atoms with E-state index in [9.17, 15) is 14.4 Å². The number of ether oxygens (including phenoxy) is 2. The van der Waals surface area contributed by atoms with Gasteiger partial charge in [0, 0.05) is 29.9 Å². The Morgan fingerprint density at radius 3 is 1.91 bits per heavy atom. The molecule has 1 saturated heterocycles. The van der Waals surface area contributed by atoms with Crippen LogP contribution in [0.15, 0.2) is 91.0 Å². The molecule has 6 rings (SSSR count). The molecule has 5 atom stereocenters. The largest absolute Gasteiger partial charge is 0.469 e. The van der Waals surface area contributed by atoms with Crippen molar-refractivity contribution in [3.05, 3.63) is 96.6 Å². The lowest BCUT2D eigenvalue weighted by Crippen LogP contribution is -2.68. The van der Waals surface area contributed by atoms with Crippen LogP contribution in [0.1, 0.15) is 56.8 Å². The number of hydrogen-bond donors (Lipinski definition) is 0. The summed E-state index contributed by atoms with van der Waals surface area (Å²) in [5.74, 6) is 0.0484. The van der Waals surface area contributed by atoms with Crippen LogP contribution in [-0.2, 0) is 23.5 Å². The number of esters is 2. The van der Waals surface area contributed by atoms with Crippen LogP contribution in [-0.4, -0.2) is 61.4 Å². The van der Waals surface area contributed by atoms with E-state index in [-0.39, 0.29) is 33.8 Å². The van der Waals surface area contributed by atoms with E-state index in [1.54, 1.807) is 24.3 Å². The molecule has 3 aliphatic rings. The Labute approximate surface area is 287 Å². The molecule has 0 amide bonds. The van der Waals surface area contributed by atoms with Crippen LogP contribution < -0.4 is 10.4 Å². The van der Waals surface area contributed by atoms with Gasteiger partial charge in [0.05, 0.1) is 28.6 Å². The Morgan fingerprint density at radius 1 is 0.830 bits per heavy atom. The summed E-state index contributed by atoms with van der Waals surface area (Å²) in [6, 6.07) is 29.8. The highest BCUT2D eigenvalue weighted by molar-refractivity contribution is 8.20. The number of rotatable bonds is 8. The quantitative estimate of drug-likeness (QED) is 0.196. The maximum absolute atomic E-state index is 14.4. The monoisotopic (exact) mass is 688 g/mol. The number of fused-ring (bicyclic) bond motifs is 1. The molecule has 2 aliphatic carbocycles. The van der Waals surface area contributed by atoms with E-state index in [0.717, 1.165) is 21.9 Å². The van der Waals surface area contributed by atoms with Crippen LogP contribution in [0.5, 0.6) is 0 Å². The van der Waals surface area contributed by atoms with Crippen molar-refractivity contribution in [2.45, 2.75) is 68.3 Å². The molecule has 0 radical (unpaired) electrons. The number of hydrogen-bond acceptors (Lipinski definition) is 8. The van der Waals surface area contributed by atoms with Crippen LogP contribution in [0, 0.1) is 17.3 Å².